The van der Waals surface area contributed by atoms with Gasteiger partial charge in [-0.15, -0.1) is 0 Å². The van der Waals surface area contributed by atoms with Gasteiger partial charge in [0.15, 0.2) is 0 Å². The first kappa shape index (κ1) is 22.9. The molecule has 2 fully saturated rings. The Morgan fingerprint density at radius 1 is 1.15 bits per heavy atom. The van der Waals surface area contributed by atoms with Gasteiger partial charge in [0.2, 0.25) is 0 Å². The summed E-state index contributed by atoms with van der Waals surface area (Å²) >= 11 is 0. The Labute approximate surface area is 199 Å². The van der Waals surface area contributed by atoms with Crippen LogP contribution in [0.1, 0.15) is 53.1 Å². The lowest BCUT2D eigenvalue weighted by molar-refractivity contribution is 0.0713. The topological polar surface area (TPSA) is 69.7 Å². The summed E-state index contributed by atoms with van der Waals surface area (Å²) in [4.78, 5) is 15.6. The number of piperidine rings is 1. The molecule has 34 heavy (non-hydrogen) atoms. The molecule has 2 heterocycles. The summed E-state index contributed by atoms with van der Waals surface area (Å²) in [6.45, 7) is 2.79. The first-order valence-electron chi connectivity index (χ1n) is 12.1. The van der Waals surface area contributed by atoms with Gasteiger partial charge in [0.25, 0.3) is 5.91 Å². The van der Waals surface area contributed by atoms with E-state index in [4.69, 9.17) is 15.2 Å². The second-order valence-corrected chi connectivity index (χ2v) is 9.32. The molecule has 1 aromatic heterocycles. The number of fused-ring (bicyclic) bond motifs is 1. The number of carbonyl (C=O) groups excluding carboxylic acids is 1. The quantitative estimate of drug-likeness (QED) is 0.534. The molecule has 0 spiro atoms. The van der Waals surface area contributed by atoms with Crippen molar-refractivity contribution >= 4 is 16.8 Å². The zero-order valence-corrected chi connectivity index (χ0v) is 19.6. The molecule has 1 aliphatic heterocycles. The number of hydrogen-bond donors (Lipinski definition) is 1. The van der Waals surface area contributed by atoms with Gasteiger partial charge in [0.05, 0.1) is 29.2 Å². The molecule has 2 N–H and O–H groups in total. The summed E-state index contributed by atoms with van der Waals surface area (Å²) in [5, 5.41) is 0.874. The van der Waals surface area contributed by atoms with Crippen molar-refractivity contribution in [3.8, 4) is 5.75 Å². The summed E-state index contributed by atoms with van der Waals surface area (Å²) in [5.74, 6) is 0.676. The lowest BCUT2D eigenvalue weighted by Crippen LogP contribution is -2.38. The normalized spacial score (nSPS) is 16.9. The molecule has 1 saturated heterocycles. The van der Waals surface area contributed by atoms with Crippen molar-refractivity contribution in [1.29, 1.82) is 0 Å². The molecule has 3 aromatic rings. The lowest BCUT2D eigenvalue weighted by Gasteiger charge is -2.32. The van der Waals surface area contributed by atoms with Crippen LogP contribution in [0.3, 0.4) is 0 Å². The summed E-state index contributed by atoms with van der Waals surface area (Å²) in [7, 11) is 1.68. The minimum absolute atomic E-state index is 0.00245. The molecule has 6 nitrogen and oxygen atoms in total. The molecule has 0 bridgehead atoms. The number of ether oxygens (including phenoxy) is 2. The number of halogens is 1. The Hall–Kier alpha value is -2.90. The molecular formula is C27H32FN3O3. The van der Waals surface area contributed by atoms with Crippen molar-refractivity contribution < 1.29 is 18.7 Å². The van der Waals surface area contributed by atoms with Crippen molar-refractivity contribution in [3.05, 3.63) is 65.1 Å². The molecule has 5 rings (SSSR count). The van der Waals surface area contributed by atoms with Crippen LogP contribution in [0.15, 0.2) is 42.6 Å². The van der Waals surface area contributed by atoms with Gasteiger partial charge in [-0.05, 0) is 60.9 Å². The summed E-state index contributed by atoms with van der Waals surface area (Å²) in [5.41, 5.74) is 9.04. The molecule has 2 aliphatic rings. The van der Waals surface area contributed by atoms with Crippen LogP contribution in [-0.4, -0.2) is 48.3 Å². The van der Waals surface area contributed by atoms with Crippen LogP contribution in [0.4, 0.5) is 4.39 Å². The molecule has 0 unspecified atom stereocenters. The van der Waals surface area contributed by atoms with Crippen LogP contribution in [0.25, 0.3) is 10.9 Å². The molecule has 0 radical (unpaired) electrons. The lowest BCUT2D eigenvalue weighted by atomic mass is 9.88. The fourth-order valence-corrected chi connectivity index (χ4v) is 4.92. The summed E-state index contributed by atoms with van der Waals surface area (Å²) in [6.07, 6.45) is 5.74. The van der Waals surface area contributed by atoms with Crippen LogP contribution in [0.5, 0.6) is 5.75 Å². The largest absolute Gasteiger partial charge is 0.490 e. The standard InChI is InChI=1S/C27H32FN3O3/c1-33-14-13-31-17-22(26-24(31)3-2-4-25(26)34-20-6-7-20)27(32)30-11-9-19(10-12-30)21-15-18(16-29)5-8-23(21)28/h2-5,8,15,17,19-20H,6-7,9-14,16,29H2,1H3. The first-order valence-corrected chi connectivity index (χ1v) is 12.1. The number of rotatable bonds is 8. The molecule has 7 heteroatoms. The van der Waals surface area contributed by atoms with E-state index in [2.05, 4.69) is 4.57 Å². The molecule has 1 saturated carbocycles. The SMILES string of the molecule is COCCn1cc(C(=O)N2CCC(c3cc(CN)ccc3F)CC2)c2c(OC3CC3)cccc21. The van der Waals surface area contributed by atoms with Crippen molar-refractivity contribution in [2.75, 3.05) is 26.8 Å². The molecule has 1 amide bonds. The first-order chi connectivity index (χ1) is 16.6. The number of carbonyl (C=O) groups is 1. The second kappa shape index (κ2) is 9.76. The van der Waals surface area contributed by atoms with Crippen molar-refractivity contribution in [1.82, 2.24) is 9.47 Å². The highest BCUT2D eigenvalue weighted by Crippen LogP contribution is 2.37. The molecule has 2 aromatic carbocycles. The predicted molar refractivity (Wildman–Crippen MR) is 130 cm³/mol. The van der Waals surface area contributed by atoms with E-state index in [0.717, 1.165) is 47.9 Å². The Balaban J connectivity index is 1.39. The number of likely N-dealkylation sites (tertiary alicyclic amines) is 1. The van der Waals surface area contributed by atoms with Gasteiger partial charge in [0.1, 0.15) is 11.6 Å². The van der Waals surface area contributed by atoms with Gasteiger partial charge in [-0.1, -0.05) is 18.2 Å². The third-order valence-electron chi connectivity index (χ3n) is 6.97. The molecule has 0 atom stereocenters. The van der Waals surface area contributed by atoms with Crippen LogP contribution in [0, 0.1) is 5.82 Å². The van der Waals surface area contributed by atoms with Gasteiger partial charge in [-0.3, -0.25) is 4.79 Å². The van der Waals surface area contributed by atoms with Crippen LogP contribution >= 0.6 is 0 Å². The maximum Gasteiger partial charge on any atom is 0.256 e. The Morgan fingerprint density at radius 2 is 1.94 bits per heavy atom. The molecular weight excluding hydrogens is 433 g/mol. The van der Waals surface area contributed by atoms with E-state index in [1.54, 1.807) is 13.2 Å². The van der Waals surface area contributed by atoms with Gasteiger partial charge in [-0.2, -0.15) is 0 Å². The van der Waals surface area contributed by atoms with E-state index in [9.17, 15) is 9.18 Å². The summed E-state index contributed by atoms with van der Waals surface area (Å²) < 4.78 is 28.0. The van der Waals surface area contributed by atoms with Crippen LogP contribution < -0.4 is 10.5 Å². The van der Waals surface area contributed by atoms with E-state index < -0.39 is 0 Å². The number of nitrogens with zero attached hydrogens (tertiary/aromatic N) is 2. The number of nitrogens with two attached hydrogens (primary N) is 1. The van der Waals surface area contributed by atoms with E-state index in [0.29, 0.717) is 43.9 Å². The van der Waals surface area contributed by atoms with Gasteiger partial charge in [0, 0.05) is 39.5 Å². The van der Waals surface area contributed by atoms with Crippen molar-refractivity contribution in [2.45, 2.75) is 50.8 Å². The van der Waals surface area contributed by atoms with Crippen LogP contribution in [-0.2, 0) is 17.8 Å². The molecule has 180 valence electrons. The second-order valence-electron chi connectivity index (χ2n) is 9.32. The Bertz CT molecular complexity index is 1180. The highest BCUT2D eigenvalue weighted by Gasteiger charge is 2.30. The van der Waals surface area contributed by atoms with Crippen molar-refractivity contribution in [3.63, 3.8) is 0 Å². The zero-order chi connectivity index (χ0) is 23.7. The monoisotopic (exact) mass is 465 g/mol. The number of benzene rings is 2. The average Bonchev–Trinajstić information content (AvgIpc) is 3.61. The number of hydrogen-bond acceptors (Lipinski definition) is 4. The van der Waals surface area contributed by atoms with E-state index in [-0.39, 0.29) is 23.7 Å². The van der Waals surface area contributed by atoms with Crippen molar-refractivity contribution in [2.24, 2.45) is 5.73 Å². The fourth-order valence-electron chi connectivity index (χ4n) is 4.92. The zero-order valence-electron chi connectivity index (χ0n) is 19.6. The van der Waals surface area contributed by atoms with E-state index >= 15 is 0 Å². The maximum atomic E-state index is 14.5. The summed E-state index contributed by atoms with van der Waals surface area (Å²) in [6, 6.07) is 11.1. The Morgan fingerprint density at radius 3 is 2.65 bits per heavy atom. The van der Waals surface area contributed by atoms with Gasteiger partial charge < -0.3 is 24.7 Å². The number of methoxy groups -OCH3 is 1. The predicted octanol–water partition coefficient (Wildman–Crippen LogP) is 4.45. The minimum atomic E-state index is -0.190. The highest BCUT2D eigenvalue weighted by atomic mass is 19.1. The third-order valence-corrected chi connectivity index (χ3v) is 6.97. The highest BCUT2D eigenvalue weighted by molar-refractivity contribution is 6.09. The number of amides is 1. The fraction of sp³-hybridized carbons (Fsp3) is 0.444. The minimum Gasteiger partial charge on any atom is -0.490 e. The van der Waals surface area contributed by atoms with Crippen LogP contribution in [0.2, 0.25) is 0 Å². The average molecular weight is 466 g/mol. The maximum absolute atomic E-state index is 14.5. The van der Waals surface area contributed by atoms with E-state index in [1.807, 2.05) is 35.4 Å². The van der Waals surface area contributed by atoms with E-state index in [1.165, 1.54) is 6.07 Å². The third kappa shape index (κ3) is 4.55. The molecule has 1 aliphatic carbocycles. The Kier molecular flexibility index (Phi) is 6.57. The van der Waals surface area contributed by atoms with Gasteiger partial charge in [-0.25, -0.2) is 4.39 Å². The smallest absolute Gasteiger partial charge is 0.256 e. The number of aromatic nitrogens is 1. The van der Waals surface area contributed by atoms with Gasteiger partial charge >= 0.3 is 0 Å².